The number of fused-ring (bicyclic) bond motifs is 3. The van der Waals surface area contributed by atoms with Gasteiger partial charge in [-0.2, -0.15) is 13.2 Å². The van der Waals surface area contributed by atoms with Crippen LogP contribution in [0.4, 0.5) is 28.2 Å². The molecule has 0 radical (unpaired) electrons. The third kappa shape index (κ3) is 4.02. The van der Waals surface area contributed by atoms with E-state index >= 15 is 0 Å². The third-order valence-electron chi connectivity index (χ3n) is 5.02. The Kier molecular flexibility index (Phi) is 5.00. The van der Waals surface area contributed by atoms with Crippen molar-refractivity contribution in [1.82, 2.24) is 25.4 Å². The SMILES string of the molecule is O=C(NCC(F)(F)F)C1C=CC2=C(N1)N(C(=O)Nc1ccc(F)cn1)[C@H]1CCN2C1. The van der Waals surface area contributed by atoms with Gasteiger partial charge in [0.05, 0.1) is 17.9 Å². The Balaban J connectivity index is 1.52. The quantitative estimate of drug-likeness (QED) is 0.638. The number of aromatic nitrogens is 1. The van der Waals surface area contributed by atoms with Crippen molar-refractivity contribution in [2.75, 3.05) is 25.0 Å². The van der Waals surface area contributed by atoms with Crippen LogP contribution in [0.2, 0.25) is 0 Å². The second kappa shape index (κ2) is 7.50. The summed E-state index contributed by atoms with van der Waals surface area (Å²) in [7, 11) is 0. The monoisotopic (exact) mass is 426 g/mol. The number of allylic oxidation sites excluding steroid dienone is 1. The average molecular weight is 426 g/mol. The Morgan fingerprint density at radius 3 is 2.80 bits per heavy atom. The molecular weight excluding hydrogens is 408 g/mol. The zero-order chi connectivity index (χ0) is 21.5. The lowest BCUT2D eigenvalue weighted by Gasteiger charge is -2.40. The van der Waals surface area contributed by atoms with Gasteiger partial charge in [-0.25, -0.2) is 14.2 Å². The minimum absolute atomic E-state index is 0.148. The van der Waals surface area contributed by atoms with Gasteiger partial charge < -0.3 is 15.5 Å². The van der Waals surface area contributed by atoms with Crippen LogP contribution in [-0.2, 0) is 4.79 Å². The van der Waals surface area contributed by atoms with E-state index < -0.39 is 36.5 Å². The first-order chi connectivity index (χ1) is 14.2. The maximum atomic E-state index is 13.1. The molecule has 4 heterocycles. The number of nitrogens with zero attached hydrogens (tertiary/aromatic N) is 3. The number of nitrogens with one attached hydrogen (secondary N) is 3. The molecular formula is C18H18F4N6O2. The molecule has 1 aromatic heterocycles. The van der Waals surface area contributed by atoms with Crippen LogP contribution >= 0.6 is 0 Å². The maximum absolute atomic E-state index is 13.1. The van der Waals surface area contributed by atoms with Crippen molar-refractivity contribution in [3.8, 4) is 0 Å². The second-order valence-electron chi connectivity index (χ2n) is 7.10. The lowest BCUT2D eigenvalue weighted by Crippen LogP contribution is -2.56. The molecule has 1 aromatic rings. The number of pyridine rings is 1. The summed E-state index contributed by atoms with van der Waals surface area (Å²) < 4.78 is 50.3. The Hall–Kier alpha value is -3.31. The van der Waals surface area contributed by atoms with Crippen molar-refractivity contribution < 1.29 is 27.2 Å². The number of alkyl halides is 3. The standard InChI is InChI=1S/C18H18F4N6O2/c19-10-1-4-14(23-7-10)26-17(30)28-11-5-6-27(8-11)13-3-2-12(25-15(13)28)16(29)24-9-18(20,21)22/h1-4,7,11-12,25H,5-6,8-9H2,(H,24,29)(H,23,26,30)/t11-,12?/m0/s1. The molecule has 0 aromatic carbocycles. The molecule has 0 aliphatic carbocycles. The van der Waals surface area contributed by atoms with Crippen molar-refractivity contribution >= 4 is 17.8 Å². The number of halogens is 4. The molecule has 2 bridgehead atoms. The molecule has 0 saturated carbocycles. The predicted molar refractivity (Wildman–Crippen MR) is 97.2 cm³/mol. The van der Waals surface area contributed by atoms with Gasteiger partial charge in [0.2, 0.25) is 5.91 Å². The Bertz CT molecular complexity index is 914. The van der Waals surface area contributed by atoms with Gasteiger partial charge in [0.1, 0.15) is 30.0 Å². The van der Waals surface area contributed by atoms with E-state index in [1.54, 1.807) is 6.08 Å². The fraction of sp³-hybridized carbons (Fsp3) is 0.389. The van der Waals surface area contributed by atoms with E-state index in [4.69, 9.17) is 0 Å². The number of anilines is 1. The molecule has 160 valence electrons. The van der Waals surface area contributed by atoms with Gasteiger partial charge in [-0.05, 0) is 24.6 Å². The minimum Gasteiger partial charge on any atom is -0.366 e. The van der Waals surface area contributed by atoms with E-state index in [0.29, 0.717) is 31.0 Å². The van der Waals surface area contributed by atoms with E-state index in [1.807, 2.05) is 10.2 Å². The molecule has 8 nitrogen and oxygen atoms in total. The van der Waals surface area contributed by atoms with Crippen molar-refractivity contribution in [3.63, 3.8) is 0 Å². The maximum Gasteiger partial charge on any atom is 0.405 e. The Labute approximate surface area is 168 Å². The summed E-state index contributed by atoms with van der Waals surface area (Å²) in [6.07, 6.45) is 0.207. The van der Waals surface area contributed by atoms with Gasteiger partial charge in [-0.3, -0.25) is 15.0 Å². The van der Waals surface area contributed by atoms with Crippen molar-refractivity contribution in [3.05, 3.63) is 47.8 Å². The van der Waals surface area contributed by atoms with Gasteiger partial charge in [0, 0.05) is 13.1 Å². The highest BCUT2D eigenvalue weighted by Gasteiger charge is 2.42. The molecule has 0 spiro atoms. The Morgan fingerprint density at radius 1 is 1.30 bits per heavy atom. The van der Waals surface area contributed by atoms with Crippen LogP contribution in [-0.4, -0.2) is 64.6 Å². The molecule has 4 rings (SSSR count). The van der Waals surface area contributed by atoms with Gasteiger partial charge in [0.25, 0.3) is 0 Å². The number of amides is 3. The molecule has 30 heavy (non-hydrogen) atoms. The van der Waals surface area contributed by atoms with Crippen LogP contribution < -0.4 is 16.0 Å². The average Bonchev–Trinajstić information content (AvgIpc) is 3.11. The Morgan fingerprint density at radius 2 is 2.10 bits per heavy atom. The molecule has 3 amide bonds. The van der Waals surface area contributed by atoms with Gasteiger partial charge in [0.15, 0.2) is 0 Å². The smallest absolute Gasteiger partial charge is 0.366 e. The van der Waals surface area contributed by atoms with Gasteiger partial charge in [-0.1, -0.05) is 6.08 Å². The van der Waals surface area contributed by atoms with Crippen molar-refractivity contribution in [2.24, 2.45) is 0 Å². The fourth-order valence-electron chi connectivity index (χ4n) is 3.67. The highest BCUT2D eigenvalue weighted by atomic mass is 19.4. The number of carbonyl (C=O) groups is 2. The lowest BCUT2D eigenvalue weighted by molar-refractivity contribution is -0.138. The van der Waals surface area contributed by atoms with E-state index in [9.17, 15) is 27.2 Å². The van der Waals surface area contributed by atoms with Gasteiger partial charge in [-0.15, -0.1) is 0 Å². The molecule has 1 fully saturated rings. The molecule has 3 aliphatic heterocycles. The number of rotatable bonds is 3. The number of hydrogen-bond donors (Lipinski definition) is 3. The number of carbonyl (C=O) groups excluding carboxylic acids is 2. The summed E-state index contributed by atoms with van der Waals surface area (Å²) in [6.45, 7) is -0.169. The molecule has 1 saturated heterocycles. The van der Waals surface area contributed by atoms with Crippen molar-refractivity contribution in [1.29, 1.82) is 0 Å². The first-order valence-electron chi connectivity index (χ1n) is 9.21. The first kappa shape index (κ1) is 20.0. The van der Waals surface area contributed by atoms with E-state index in [0.717, 1.165) is 12.3 Å². The fourth-order valence-corrected chi connectivity index (χ4v) is 3.67. The van der Waals surface area contributed by atoms with Crippen LogP contribution in [0.25, 0.3) is 0 Å². The summed E-state index contributed by atoms with van der Waals surface area (Å²) >= 11 is 0. The molecule has 3 aliphatic rings. The summed E-state index contributed by atoms with van der Waals surface area (Å²) in [5.41, 5.74) is 0.672. The van der Waals surface area contributed by atoms with Crippen LogP contribution in [0.3, 0.4) is 0 Å². The number of urea groups is 1. The van der Waals surface area contributed by atoms with Crippen LogP contribution in [0.15, 0.2) is 42.0 Å². The van der Waals surface area contributed by atoms with E-state index in [2.05, 4.69) is 15.6 Å². The molecule has 1 unspecified atom stereocenters. The summed E-state index contributed by atoms with van der Waals surface area (Å²) in [5.74, 6) is -0.925. The zero-order valence-electron chi connectivity index (χ0n) is 15.5. The highest BCUT2D eigenvalue weighted by molar-refractivity contribution is 5.91. The van der Waals surface area contributed by atoms with Crippen LogP contribution in [0.1, 0.15) is 6.42 Å². The molecule has 3 N–H and O–H groups in total. The van der Waals surface area contributed by atoms with Crippen LogP contribution in [0, 0.1) is 5.82 Å². The van der Waals surface area contributed by atoms with Crippen molar-refractivity contribution in [2.45, 2.75) is 24.7 Å². The summed E-state index contributed by atoms with van der Waals surface area (Å²) in [5, 5.41) is 7.30. The highest BCUT2D eigenvalue weighted by Crippen LogP contribution is 2.33. The summed E-state index contributed by atoms with van der Waals surface area (Å²) in [4.78, 5) is 32.4. The third-order valence-corrected chi connectivity index (χ3v) is 5.02. The van der Waals surface area contributed by atoms with Gasteiger partial charge >= 0.3 is 12.2 Å². The minimum atomic E-state index is -4.53. The molecule has 12 heteroatoms. The zero-order valence-corrected chi connectivity index (χ0v) is 15.5. The topological polar surface area (TPSA) is 89.6 Å². The largest absolute Gasteiger partial charge is 0.405 e. The van der Waals surface area contributed by atoms with E-state index in [-0.39, 0.29) is 11.9 Å². The molecule has 2 atom stereocenters. The summed E-state index contributed by atoms with van der Waals surface area (Å²) in [6, 6.07) is 0.676. The second-order valence-corrected chi connectivity index (χ2v) is 7.10. The van der Waals surface area contributed by atoms with E-state index in [1.165, 1.54) is 17.0 Å². The predicted octanol–water partition coefficient (Wildman–Crippen LogP) is 1.52. The lowest BCUT2D eigenvalue weighted by atomic mass is 10.1. The number of hydrogen-bond acceptors (Lipinski definition) is 5. The normalized spacial score (nSPS) is 22.5. The first-order valence-corrected chi connectivity index (χ1v) is 9.21. The van der Waals surface area contributed by atoms with Crippen LogP contribution in [0.5, 0.6) is 0 Å². The number of dihydropyridines is 1.